The van der Waals surface area contributed by atoms with Crippen LogP contribution >= 0.6 is 0 Å². The highest BCUT2D eigenvalue weighted by Gasteiger charge is 2.60. The average molecular weight is 290 g/mol. The second kappa shape index (κ2) is 4.57. The first-order valence-electron chi connectivity index (χ1n) is 9.16. The Morgan fingerprint density at radius 1 is 1.00 bits per heavy atom. The Balaban J connectivity index is 1.64. The van der Waals surface area contributed by atoms with Crippen LogP contribution in [0.4, 0.5) is 0 Å². The number of hydrogen-bond donors (Lipinski definition) is 1. The fourth-order valence-corrected chi connectivity index (χ4v) is 7.01. The van der Waals surface area contributed by atoms with Gasteiger partial charge in [-0.1, -0.05) is 13.8 Å². The van der Waals surface area contributed by atoms with Crippen molar-refractivity contribution in [3.63, 3.8) is 0 Å². The summed E-state index contributed by atoms with van der Waals surface area (Å²) in [7, 11) is 0. The minimum atomic E-state index is -0.0541. The van der Waals surface area contributed by atoms with E-state index in [0.29, 0.717) is 17.1 Å². The van der Waals surface area contributed by atoms with E-state index in [4.69, 9.17) is 0 Å². The van der Waals surface area contributed by atoms with Gasteiger partial charge in [-0.15, -0.1) is 0 Å². The Kier molecular flexibility index (Phi) is 3.10. The van der Waals surface area contributed by atoms with Gasteiger partial charge in [0.05, 0.1) is 6.10 Å². The predicted molar refractivity (Wildman–Crippen MR) is 82.7 cm³/mol. The van der Waals surface area contributed by atoms with Crippen LogP contribution in [0.25, 0.3) is 0 Å². The van der Waals surface area contributed by atoms with Crippen LogP contribution in [-0.2, 0) is 4.79 Å². The molecule has 4 aliphatic carbocycles. The van der Waals surface area contributed by atoms with Gasteiger partial charge in [0.2, 0.25) is 0 Å². The molecule has 118 valence electrons. The van der Waals surface area contributed by atoms with Crippen molar-refractivity contribution < 1.29 is 9.90 Å². The van der Waals surface area contributed by atoms with Crippen molar-refractivity contribution in [3.8, 4) is 0 Å². The number of hydrogen-bond acceptors (Lipinski definition) is 2. The molecule has 0 heterocycles. The molecule has 0 amide bonds. The summed E-state index contributed by atoms with van der Waals surface area (Å²) in [5.41, 5.74) is 0.452. The van der Waals surface area contributed by atoms with Crippen LogP contribution in [-0.4, -0.2) is 17.0 Å². The summed E-state index contributed by atoms with van der Waals surface area (Å²) >= 11 is 0. The van der Waals surface area contributed by atoms with Crippen molar-refractivity contribution in [2.45, 2.75) is 77.7 Å². The van der Waals surface area contributed by atoms with Gasteiger partial charge in [-0.3, -0.25) is 4.79 Å². The minimum Gasteiger partial charge on any atom is -0.393 e. The van der Waals surface area contributed by atoms with Gasteiger partial charge in [-0.05, 0) is 80.5 Å². The first-order valence-corrected chi connectivity index (χ1v) is 9.16. The number of Topliss-reactive ketones (excluding diaryl/α,β-unsaturated/α-hetero) is 1. The highest BCUT2D eigenvalue weighted by Crippen LogP contribution is 2.65. The summed E-state index contributed by atoms with van der Waals surface area (Å²) in [6.07, 6.45) is 10.1. The normalized spacial score (nSPS) is 56.5. The van der Waals surface area contributed by atoms with Gasteiger partial charge < -0.3 is 5.11 Å². The van der Waals surface area contributed by atoms with Crippen molar-refractivity contribution >= 4 is 5.78 Å². The average Bonchev–Trinajstić information content (AvgIpc) is 2.76. The van der Waals surface area contributed by atoms with Crippen LogP contribution in [0.15, 0.2) is 0 Å². The van der Waals surface area contributed by atoms with Crippen molar-refractivity contribution in [1.29, 1.82) is 0 Å². The Morgan fingerprint density at radius 2 is 1.81 bits per heavy atom. The van der Waals surface area contributed by atoms with Gasteiger partial charge in [-0.25, -0.2) is 0 Å². The molecule has 0 spiro atoms. The van der Waals surface area contributed by atoms with E-state index < -0.39 is 0 Å². The van der Waals surface area contributed by atoms with Gasteiger partial charge in [0.1, 0.15) is 5.78 Å². The van der Waals surface area contributed by atoms with Crippen LogP contribution < -0.4 is 0 Å². The highest BCUT2D eigenvalue weighted by atomic mass is 16.3. The lowest BCUT2D eigenvalue weighted by Crippen LogP contribution is -2.54. The third-order valence-corrected chi connectivity index (χ3v) is 8.35. The lowest BCUT2D eigenvalue weighted by Gasteiger charge is -2.60. The molecule has 0 radical (unpaired) electrons. The number of rotatable bonds is 0. The zero-order valence-corrected chi connectivity index (χ0v) is 13.6. The Labute approximate surface area is 128 Å². The Hall–Kier alpha value is -0.370. The predicted octanol–water partition coefficient (Wildman–Crippen LogP) is 3.96. The fourth-order valence-electron chi connectivity index (χ4n) is 7.01. The van der Waals surface area contributed by atoms with E-state index in [1.54, 1.807) is 0 Å². The van der Waals surface area contributed by atoms with Crippen molar-refractivity contribution in [3.05, 3.63) is 0 Å². The van der Waals surface area contributed by atoms with Crippen molar-refractivity contribution in [1.82, 2.24) is 0 Å². The van der Waals surface area contributed by atoms with Gasteiger partial charge in [-0.2, -0.15) is 0 Å². The van der Waals surface area contributed by atoms with Crippen LogP contribution in [0.3, 0.4) is 0 Å². The molecule has 2 nitrogen and oxygen atoms in total. The summed E-state index contributed by atoms with van der Waals surface area (Å²) in [6, 6.07) is 0. The molecule has 4 fully saturated rings. The van der Waals surface area contributed by atoms with Crippen LogP contribution in [0.5, 0.6) is 0 Å². The summed E-state index contributed by atoms with van der Waals surface area (Å²) in [6.45, 7) is 4.78. The van der Waals surface area contributed by atoms with Gasteiger partial charge in [0.25, 0.3) is 0 Å². The van der Waals surface area contributed by atoms with Crippen LogP contribution in [0.2, 0.25) is 0 Å². The zero-order chi connectivity index (χ0) is 14.8. The van der Waals surface area contributed by atoms with Gasteiger partial charge in [0, 0.05) is 11.8 Å². The molecule has 0 aromatic rings. The number of fused-ring (bicyclic) bond motifs is 5. The molecule has 4 rings (SSSR count). The van der Waals surface area contributed by atoms with E-state index in [9.17, 15) is 9.90 Å². The van der Waals surface area contributed by atoms with E-state index in [1.165, 1.54) is 25.7 Å². The van der Waals surface area contributed by atoms with E-state index in [-0.39, 0.29) is 11.5 Å². The lowest BCUT2D eigenvalue weighted by atomic mass is 9.45. The Morgan fingerprint density at radius 3 is 2.62 bits per heavy atom. The van der Waals surface area contributed by atoms with Gasteiger partial charge in [0.15, 0.2) is 0 Å². The first-order chi connectivity index (χ1) is 9.95. The third-order valence-electron chi connectivity index (χ3n) is 8.35. The summed E-state index contributed by atoms with van der Waals surface area (Å²) in [4.78, 5) is 12.4. The van der Waals surface area contributed by atoms with Gasteiger partial charge >= 0.3 is 0 Å². The molecule has 21 heavy (non-hydrogen) atoms. The minimum absolute atomic E-state index is 0.0124. The summed E-state index contributed by atoms with van der Waals surface area (Å²) in [5, 5.41) is 10.0. The topological polar surface area (TPSA) is 37.3 Å². The SMILES string of the molecule is C[C@]12CCC3C(CC[C@@H]4CC(O)CC[C@]34C)C1CCC2=O. The summed E-state index contributed by atoms with van der Waals surface area (Å²) < 4.78 is 0. The molecule has 0 saturated heterocycles. The molecular weight excluding hydrogens is 260 g/mol. The second-order valence-corrected chi connectivity index (χ2v) is 9.00. The Bertz CT molecular complexity index is 458. The van der Waals surface area contributed by atoms with Crippen molar-refractivity contribution in [2.75, 3.05) is 0 Å². The smallest absolute Gasteiger partial charge is 0.139 e. The molecular formula is C19H30O2. The molecule has 4 saturated carbocycles. The molecule has 0 bridgehead atoms. The highest BCUT2D eigenvalue weighted by molar-refractivity contribution is 5.87. The molecule has 1 N–H and O–H groups in total. The molecule has 0 aliphatic heterocycles. The molecule has 2 heteroatoms. The first kappa shape index (κ1) is 14.2. The molecule has 0 aromatic carbocycles. The molecule has 7 atom stereocenters. The maximum Gasteiger partial charge on any atom is 0.139 e. The third kappa shape index (κ3) is 1.84. The lowest BCUT2D eigenvalue weighted by molar-refractivity contribution is -0.142. The standard InChI is InChI=1S/C19H30O2/c1-18-9-7-13(20)11-12(18)3-4-14-15-5-6-17(21)19(15,2)10-8-16(14)18/h12-16,20H,3-11H2,1-2H3/t12-,13?,14?,15?,16?,18+,19+/m1/s1. The van der Waals surface area contributed by atoms with E-state index in [2.05, 4.69) is 13.8 Å². The maximum absolute atomic E-state index is 12.4. The number of aliphatic hydroxyl groups is 1. The van der Waals surface area contributed by atoms with E-state index >= 15 is 0 Å². The van der Waals surface area contributed by atoms with Crippen LogP contribution in [0.1, 0.15) is 71.6 Å². The quantitative estimate of drug-likeness (QED) is 0.733. The van der Waals surface area contributed by atoms with E-state index in [1.807, 2.05) is 0 Å². The number of aliphatic hydroxyl groups excluding tert-OH is 1. The summed E-state index contributed by atoms with van der Waals surface area (Å²) in [5.74, 6) is 3.54. The monoisotopic (exact) mass is 290 g/mol. The van der Waals surface area contributed by atoms with Crippen molar-refractivity contribution in [2.24, 2.45) is 34.5 Å². The fraction of sp³-hybridized carbons (Fsp3) is 0.947. The second-order valence-electron chi connectivity index (χ2n) is 9.00. The molecule has 4 aliphatic rings. The number of ketones is 1. The van der Waals surface area contributed by atoms with Crippen LogP contribution in [0, 0.1) is 34.5 Å². The molecule has 4 unspecified atom stereocenters. The number of carbonyl (C=O) groups is 1. The zero-order valence-electron chi connectivity index (χ0n) is 13.6. The molecule has 0 aromatic heterocycles. The number of carbonyl (C=O) groups excluding carboxylic acids is 1. The van der Waals surface area contributed by atoms with E-state index in [0.717, 1.165) is 49.9 Å². The largest absolute Gasteiger partial charge is 0.393 e. The maximum atomic E-state index is 12.4.